The molecule has 114 valence electrons. The first-order valence-corrected chi connectivity index (χ1v) is 7.75. The van der Waals surface area contributed by atoms with E-state index in [2.05, 4.69) is 40.8 Å². The van der Waals surface area contributed by atoms with Crippen molar-refractivity contribution in [1.29, 1.82) is 0 Å². The molecule has 0 saturated carbocycles. The van der Waals surface area contributed by atoms with Gasteiger partial charge < -0.3 is 14.6 Å². The summed E-state index contributed by atoms with van der Waals surface area (Å²) in [5, 5.41) is 3.39. The molecule has 0 aliphatic heterocycles. The van der Waals surface area contributed by atoms with E-state index in [0.717, 1.165) is 43.9 Å². The van der Waals surface area contributed by atoms with Gasteiger partial charge in [0.2, 0.25) is 0 Å². The zero-order valence-corrected chi connectivity index (χ0v) is 13.0. The Hall–Kier alpha value is -1.81. The van der Waals surface area contributed by atoms with Gasteiger partial charge in [-0.2, -0.15) is 0 Å². The Balaban J connectivity index is 1.84. The van der Waals surface area contributed by atoms with Crippen LogP contribution in [0.3, 0.4) is 0 Å². The Kier molecular flexibility index (Phi) is 6.28. The van der Waals surface area contributed by atoms with Crippen molar-refractivity contribution >= 4 is 0 Å². The van der Waals surface area contributed by atoms with Gasteiger partial charge in [0.05, 0.1) is 18.2 Å². The maximum absolute atomic E-state index is 5.84. The number of aromatic nitrogens is 2. The van der Waals surface area contributed by atoms with Gasteiger partial charge in [0.15, 0.2) is 0 Å². The fraction of sp³-hybridized carbons (Fsp3) is 0.471. The molecule has 0 aliphatic carbocycles. The number of nitrogens with one attached hydrogen (secondary N) is 1. The molecule has 0 unspecified atom stereocenters. The van der Waals surface area contributed by atoms with Gasteiger partial charge in [-0.25, -0.2) is 4.98 Å². The molecule has 21 heavy (non-hydrogen) atoms. The second kappa shape index (κ2) is 8.47. The fourth-order valence-electron chi connectivity index (χ4n) is 2.18. The van der Waals surface area contributed by atoms with Crippen LogP contribution < -0.4 is 10.1 Å². The molecule has 1 aromatic carbocycles. The van der Waals surface area contributed by atoms with Gasteiger partial charge in [0.1, 0.15) is 12.4 Å². The zero-order valence-electron chi connectivity index (χ0n) is 13.0. The molecule has 0 aliphatic rings. The maximum atomic E-state index is 5.84. The maximum Gasteiger partial charge on any atom is 0.130 e. The number of aryl methyl sites for hydroxylation is 1. The van der Waals surface area contributed by atoms with Crippen LogP contribution in [0.25, 0.3) is 0 Å². The fourth-order valence-corrected chi connectivity index (χ4v) is 2.18. The zero-order chi connectivity index (χ0) is 14.9. The topological polar surface area (TPSA) is 39.1 Å². The third-order valence-corrected chi connectivity index (χ3v) is 3.33. The highest BCUT2D eigenvalue weighted by atomic mass is 16.5. The Bertz CT molecular complexity index is 519. The van der Waals surface area contributed by atoms with Crippen LogP contribution in [0.1, 0.15) is 37.9 Å². The average Bonchev–Trinajstić information content (AvgIpc) is 2.94. The summed E-state index contributed by atoms with van der Waals surface area (Å²) in [7, 11) is 0. The van der Waals surface area contributed by atoms with Crippen LogP contribution in [0.5, 0.6) is 5.75 Å². The molecule has 0 spiro atoms. The number of imidazole rings is 1. The van der Waals surface area contributed by atoms with Gasteiger partial charge in [-0.1, -0.05) is 26.0 Å². The summed E-state index contributed by atoms with van der Waals surface area (Å²) in [5.41, 5.74) is 2.40. The normalized spacial score (nSPS) is 10.8. The molecule has 0 radical (unpaired) electrons. The van der Waals surface area contributed by atoms with Crippen LogP contribution >= 0.6 is 0 Å². The quantitative estimate of drug-likeness (QED) is 0.719. The molecule has 1 heterocycles. The molecule has 2 aromatic rings. The lowest BCUT2D eigenvalue weighted by atomic mass is 10.2. The smallest absolute Gasteiger partial charge is 0.130 e. The highest BCUT2D eigenvalue weighted by molar-refractivity contribution is 5.27. The summed E-state index contributed by atoms with van der Waals surface area (Å²) in [6.45, 7) is 7.86. The Morgan fingerprint density at radius 3 is 2.67 bits per heavy atom. The third-order valence-electron chi connectivity index (χ3n) is 3.33. The monoisotopic (exact) mass is 287 g/mol. The van der Waals surface area contributed by atoms with Crippen molar-refractivity contribution in [3.8, 4) is 5.75 Å². The number of nitrogens with zero attached hydrogens (tertiary/aromatic N) is 2. The summed E-state index contributed by atoms with van der Waals surface area (Å²) in [6, 6.07) is 8.29. The van der Waals surface area contributed by atoms with E-state index in [-0.39, 0.29) is 0 Å². The first-order chi connectivity index (χ1) is 10.3. The van der Waals surface area contributed by atoms with E-state index >= 15 is 0 Å². The Labute approximate surface area is 127 Å². The summed E-state index contributed by atoms with van der Waals surface area (Å²) < 4.78 is 7.98. The highest BCUT2D eigenvalue weighted by Gasteiger charge is 2.02. The van der Waals surface area contributed by atoms with Crippen molar-refractivity contribution in [1.82, 2.24) is 14.9 Å². The van der Waals surface area contributed by atoms with E-state index in [9.17, 15) is 0 Å². The van der Waals surface area contributed by atoms with Crippen molar-refractivity contribution in [3.63, 3.8) is 0 Å². The first-order valence-electron chi connectivity index (χ1n) is 7.75. The van der Waals surface area contributed by atoms with Gasteiger partial charge in [-0.15, -0.1) is 0 Å². The van der Waals surface area contributed by atoms with Gasteiger partial charge in [-0.3, -0.25) is 0 Å². The number of hydrogen-bond donors (Lipinski definition) is 1. The highest BCUT2D eigenvalue weighted by Crippen LogP contribution is 2.14. The van der Waals surface area contributed by atoms with Crippen LogP contribution in [0.2, 0.25) is 0 Å². The van der Waals surface area contributed by atoms with E-state index in [1.165, 1.54) is 5.56 Å². The number of hydrogen-bond acceptors (Lipinski definition) is 3. The molecule has 4 heteroatoms. The lowest BCUT2D eigenvalue weighted by Crippen LogP contribution is -2.13. The molecule has 0 atom stereocenters. The van der Waals surface area contributed by atoms with Gasteiger partial charge in [-0.05, 0) is 37.1 Å². The largest absolute Gasteiger partial charge is 0.487 e. The minimum Gasteiger partial charge on any atom is -0.487 e. The summed E-state index contributed by atoms with van der Waals surface area (Å²) in [4.78, 5) is 4.18. The van der Waals surface area contributed by atoms with Crippen LogP contribution in [-0.2, 0) is 19.7 Å². The third kappa shape index (κ3) is 4.90. The van der Waals surface area contributed by atoms with Crippen LogP contribution in [0.15, 0.2) is 36.8 Å². The summed E-state index contributed by atoms with van der Waals surface area (Å²) in [6.07, 6.45) is 6.00. The van der Waals surface area contributed by atoms with Crippen molar-refractivity contribution in [2.24, 2.45) is 0 Å². The summed E-state index contributed by atoms with van der Waals surface area (Å²) >= 11 is 0. The van der Waals surface area contributed by atoms with Crippen molar-refractivity contribution in [2.45, 2.75) is 46.4 Å². The van der Waals surface area contributed by atoms with E-state index in [4.69, 9.17) is 4.74 Å². The first kappa shape index (κ1) is 15.6. The number of benzene rings is 1. The molecule has 4 nitrogen and oxygen atoms in total. The van der Waals surface area contributed by atoms with Gasteiger partial charge in [0, 0.05) is 13.1 Å². The predicted octanol–water partition coefficient (Wildman–Crippen LogP) is 3.37. The second-order valence-corrected chi connectivity index (χ2v) is 5.19. The van der Waals surface area contributed by atoms with Crippen molar-refractivity contribution < 1.29 is 4.74 Å². The molecular weight excluding hydrogens is 262 g/mol. The Morgan fingerprint density at radius 1 is 1.14 bits per heavy atom. The number of rotatable bonds is 9. The van der Waals surface area contributed by atoms with Crippen molar-refractivity contribution in [2.75, 3.05) is 6.54 Å². The minimum absolute atomic E-state index is 0.563. The van der Waals surface area contributed by atoms with E-state index in [0.29, 0.717) is 6.61 Å². The molecule has 1 N–H and O–H groups in total. The van der Waals surface area contributed by atoms with Crippen LogP contribution in [0, 0.1) is 0 Å². The SMILES string of the molecule is CCCNCc1ccc(OCc2cncn2CCC)cc1. The molecule has 2 rings (SSSR count). The van der Waals surface area contributed by atoms with E-state index < -0.39 is 0 Å². The second-order valence-electron chi connectivity index (χ2n) is 5.19. The molecule has 0 fully saturated rings. The van der Waals surface area contributed by atoms with Crippen molar-refractivity contribution in [3.05, 3.63) is 48.0 Å². The summed E-state index contributed by atoms with van der Waals surface area (Å²) in [5.74, 6) is 0.901. The Morgan fingerprint density at radius 2 is 1.95 bits per heavy atom. The minimum atomic E-state index is 0.563. The van der Waals surface area contributed by atoms with Crippen LogP contribution in [0.4, 0.5) is 0 Å². The molecule has 0 saturated heterocycles. The molecule has 1 aromatic heterocycles. The van der Waals surface area contributed by atoms with E-state index in [1.807, 2.05) is 24.7 Å². The predicted molar refractivity (Wildman–Crippen MR) is 85.3 cm³/mol. The van der Waals surface area contributed by atoms with Gasteiger partial charge >= 0.3 is 0 Å². The van der Waals surface area contributed by atoms with Crippen LogP contribution in [-0.4, -0.2) is 16.1 Å². The van der Waals surface area contributed by atoms with Gasteiger partial charge in [0.25, 0.3) is 0 Å². The molecular formula is C17H25N3O. The average molecular weight is 287 g/mol. The lowest BCUT2D eigenvalue weighted by Gasteiger charge is -2.09. The van der Waals surface area contributed by atoms with E-state index in [1.54, 1.807) is 0 Å². The number of ether oxygens (including phenoxy) is 1. The molecule has 0 bridgehead atoms. The lowest BCUT2D eigenvalue weighted by molar-refractivity contribution is 0.294. The standard InChI is InChI=1S/C17H25N3O/c1-3-9-18-11-15-5-7-17(8-6-15)21-13-16-12-19-14-20(16)10-4-2/h5-8,12,14,18H,3-4,9-11,13H2,1-2H3. The molecule has 0 amide bonds.